The second-order valence-electron chi connectivity index (χ2n) is 9.83. The molecule has 1 saturated heterocycles. The van der Waals surface area contributed by atoms with Gasteiger partial charge in [-0.15, -0.1) is 0 Å². The molecule has 1 aliphatic heterocycles. The van der Waals surface area contributed by atoms with Crippen LogP contribution in [0.3, 0.4) is 0 Å². The van der Waals surface area contributed by atoms with Gasteiger partial charge in [0.05, 0.1) is 16.0 Å². The fourth-order valence-electron chi connectivity index (χ4n) is 4.91. The summed E-state index contributed by atoms with van der Waals surface area (Å²) in [5, 5.41) is 17.4. The molecule has 0 atom stereocenters. The molecule has 0 N–H and O–H groups in total. The number of benzene rings is 3. The first kappa shape index (κ1) is 25.1. The highest BCUT2D eigenvalue weighted by molar-refractivity contribution is 5.94. The van der Waals surface area contributed by atoms with Gasteiger partial charge in [-0.2, -0.15) is 9.78 Å². The number of carbonyl (C=O) groups excluding carboxylic acids is 1. The van der Waals surface area contributed by atoms with Crippen molar-refractivity contribution in [3.05, 3.63) is 104 Å². The van der Waals surface area contributed by atoms with E-state index in [-0.39, 0.29) is 17.3 Å². The van der Waals surface area contributed by atoms with Crippen molar-refractivity contribution >= 4 is 28.1 Å². The number of hydrogen-bond acceptors (Lipinski definition) is 6. The molecule has 194 valence electrons. The van der Waals surface area contributed by atoms with E-state index in [1.807, 2.05) is 41.3 Å². The average Bonchev–Trinajstić information content (AvgIpc) is 2.94. The Morgan fingerprint density at radius 1 is 0.947 bits per heavy atom. The van der Waals surface area contributed by atoms with Gasteiger partial charge in [0.1, 0.15) is 5.69 Å². The van der Waals surface area contributed by atoms with E-state index in [0.29, 0.717) is 54.1 Å². The molecule has 0 bridgehead atoms. The summed E-state index contributed by atoms with van der Waals surface area (Å²) >= 11 is 0. The quantitative estimate of drug-likeness (QED) is 0.285. The maximum absolute atomic E-state index is 13.3. The lowest BCUT2D eigenvalue weighted by atomic mass is 10.0. The lowest BCUT2D eigenvalue weighted by Crippen LogP contribution is -2.48. The van der Waals surface area contributed by atoms with Crippen molar-refractivity contribution in [2.45, 2.75) is 26.7 Å². The second-order valence-corrected chi connectivity index (χ2v) is 9.83. The average molecular weight is 512 g/mol. The molecular weight excluding hydrogens is 482 g/mol. The fraction of sp³-hybridized carbons (Fsp3) is 0.276. The zero-order valence-corrected chi connectivity index (χ0v) is 21.6. The number of nitrogens with zero attached hydrogens (tertiary/aromatic N) is 5. The van der Waals surface area contributed by atoms with E-state index in [1.54, 1.807) is 31.2 Å². The van der Waals surface area contributed by atoms with Crippen molar-refractivity contribution < 1.29 is 9.72 Å². The Hall–Kier alpha value is -4.53. The molecule has 0 saturated carbocycles. The highest BCUT2D eigenvalue weighted by Crippen LogP contribution is 2.29. The molecule has 1 fully saturated rings. The Balaban J connectivity index is 1.41. The molecule has 1 aliphatic rings. The number of amides is 1. The predicted molar refractivity (Wildman–Crippen MR) is 147 cm³/mol. The van der Waals surface area contributed by atoms with Crippen LogP contribution in [0.25, 0.3) is 16.5 Å². The van der Waals surface area contributed by atoms with Gasteiger partial charge in [-0.25, -0.2) is 0 Å². The van der Waals surface area contributed by atoms with Gasteiger partial charge >= 0.3 is 0 Å². The van der Waals surface area contributed by atoms with Crippen molar-refractivity contribution in [2.75, 3.05) is 31.1 Å². The van der Waals surface area contributed by atoms with Gasteiger partial charge in [-0.05, 0) is 48.7 Å². The number of hydrogen-bond donors (Lipinski definition) is 0. The van der Waals surface area contributed by atoms with Crippen LogP contribution in [0.15, 0.2) is 71.5 Å². The fourth-order valence-corrected chi connectivity index (χ4v) is 4.91. The summed E-state index contributed by atoms with van der Waals surface area (Å²) in [4.78, 5) is 41.6. The van der Waals surface area contributed by atoms with Crippen molar-refractivity contribution in [3.8, 4) is 5.69 Å². The minimum atomic E-state index is -0.501. The molecule has 1 amide bonds. The van der Waals surface area contributed by atoms with Crippen LogP contribution in [0.2, 0.25) is 0 Å². The minimum Gasteiger partial charge on any atom is -0.368 e. The van der Waals surface area contributed by atoms with Crippen LogP contribution in [0, 0.1) is 17.0 Å². The van der Waals surface area contributed by atoms with Crippen LogP contribution in [0.1, 0.15) is 41.4 Å². The molecule has 0 aliphatic carbocycles. The predicted octanol–water partition coefficient (Wildman–Crippen LogP) is 4.69. The topological polar surface area (TPSA) is 102 Å². The molecule has 0 radical (unpaired) electrons. The van der Waals surface area contributed by atoms with E-state index in [0.717, 1.165) is 10.4 Å². The Labute approximate surface area is 220 Å². The van der Waals surface area contributed by atoms with E-state index in [1.165, 1.54) is 11.6 Å². The molecule has 3 aromatic carbocycles. The Kier molecular flexibility index (Phi) is 6.67. The third-order valence-electron chi connectivity index (χ3n) is 7.13. The van der Waals surface area contributed by atoms with Crippen LogP contribution in [-0.2, 0) is 0 Å². The van der Waals surface area contributed by atoms with Crippen molar-refractivity contribution in [2.24, 2.45) is 0 Å². The van der Waals surface area contributed by atoms with Crippen LogP contribution in [0.5, 0.6) is 0 Å². The van der Waals surface area contributed by atoms with E-state index in [9.17, 15) is 19.7 Å². The van der Waals surface area contributed by atoms with Gasteiger partial charge in [0.25, 0.3) is 17.2 Å². The van der Waals surface area contributed by atoms with Crippen molar-refractivity contribution in [3.63, 3.8) is 0 Å². The summed E-state index contributed by atoms with van der Waals surface area (Å²) < 4.78 is 1.12. The Morgan fingerprint density at radius 2 is 1.61 bits per heavy atom. The molecule has 0 spiro atoms. The number of aryl methyl sites for hydroxylation is 1. The second kappa shape index (κ2) is 10.1. The van der Waals surface area contributed by atoms with Crippen LogP contribution >= 0.6 is 0 Å². The largest absolute Gasteiger partial charge is 0.368 e. The monoisotopic (exact) mass is 511 g/mol. The maximum atomic E-state index is 13.3. The third-order valence-corrected chi connectivity index (χ3v) is 7.13. The van der Waals surface area contributed by atoms with Gasteiger partial charge in [0, 0.05) is 48.9 Å². The third kappa shape index (κ3) is 4.63. The highest BCUT2D eigenvalue weighted by Gasteiger charge is 2.25. The highest BCUT2D eigenvalue weighted by atomic mass is 16.6. The zero-order chi connectivity index (χ0) is 27.0. The van der Waals surface area contributed by atoms with E-state index >= 15 is 0 Å². The van der Waals surface area contributed by atoms with Crippen molar-refractivity contribution in [1.29, 1.82) is 0 Å². The Bertz CT molecular complexity index is 1590. The van der Waals surface area contributed by atoms with Gasteiger partial charge in [0.15, 0.2) is 0 Å². The summed E-state index contributed by atoms with van der Waals surface area (Å²) in [6.07, 6.45) is 0. The smallest absolute Gasteiger partial charge is 0.295 e. The first-order valence-electron chi connectivity index (χ1n) is 12.7. The first-order chi connectivity index (χ1) is 18.2. The van der Waals surface area contributed by atoms with Crippen molar-refractivity contribution in [1.82, 2.24) is 14.7 Å². The van der Waals surface area contributed by atoms with Crippen LogP contribution < -0.4 is 10.5 Å². The molecule has 5 rings (SSSR count). The molecule has 9 heteroatoms. The van der Waals surface area contributed by atoms with Crippen LogP contribution in [-0.4, -0.2) is 51.7 Å². The SMILES string of the molecule is Cc1nn(-c2cc(N3CCN(C(=O)c4ccc(C(C)C)cc4)CC3)ccc2[N+](=O)[O-])c(=O)c2ccccc12. The summed E-state index contributed by atoms with van der Waals surface area (Å²) in [6, 6.07) is 19.6. The molecule has 1 aromatic heterocycles. The number of nitro groups is 1. The number of carbonyl (C=O) groups is 1. The summed E-state index contributed by atoms with van der Waals surface area (Å²) in [5.41, 5.74) is 2.71. The molecule has 4 aromatic rings. The maximum Gasteiger partial charge on any atom is 0.295 e. The van der Waals surface area contributed by atoms with Gasteiger partial charge in [-0.1, -0.05) is 44.2 Å². The van der Waals surface area contributed by atoms with E-state index in [4.69, 9.17) is 0 Å². The normalized spacial score (nSPS) is 13.8. The summed E-state index contributed by atoms with van der Waals surface area (Å²) in [6.45, 7) is 8.17. The lowest BCUT2D eigenvalue weighted by molar-refractivity contribution is -0.384. The zero-order valence-electron chi connectivity index (χ0n) is 21.6. The number of fused-ring (bicyclic) bond motifs is 1. The van der Waals surface area contributed by atoms with Gasteiger partial charge < -0.3 is 9.80 Å². The number of rotatable bonds is 5. The number of nitro benzene ring substituents is 1. The standard InChI is InChI=1S/C29H29N5O4/c1-19(2)21-8-10-22(11-9-21)28(35)32-16-14-31(15-17-32)23-12-13-26(34(37)38)27(18-23)33-29(36)25-7-5-4-6-24(25)20(3)30-33/h4-13,18-19H,14-17H2,1-3H3. The molecule has 2 heterocycles. The number of aromatic nitrogens is 2. The van der Waals surface area contributed by atoms with E-state index in [2.05, 4.69) is 23.8 Å². The van der Waals surface area contributed by atoms with Crippen LogP contribution in [0.4, 0.5) is 11.4 Å². The summed E-state index contributed by atoms with van der Waals surface area (Å²) in [7, 11) is 0. The van der Waals surface area contributed by atoms with Gasteiger partial charge in [-0.3, -0.25) is 19.7 Å². The number of piperazine rings is 1. The first-order valence-corrected chi connectivity index (χ1v) is 12.7. The van der Waals surface area contributed by atoms with Gasteiger partial charge in [0.2, 0.25) is 0 Å². The molecular formula is C29H29N5O4. The number of anilines is 1. The molecule has 0 unspecified atom stereocenters. The Morgan fingerprint density at radius 3 is 2.24 bits per heavy atom. The van der Waals surface area contributed by atoms with E-state index < -0.39 is 10.5 Å². The minimum absolute atomic E-state index is 0.00765. The summed E-state index contributed by atoms with van der Waals surface area (Å²) in [5.74, 6) is 0.394. The molecule has 9 nitrogen and oxygen atoms in total. The lowest BCUT2D eigenvalue weighted by Gasteiger charge is -2.36. The molecule has 38 heavy (non-hydrogen) atoms.